The number of carbonyl (C=O) groups is 1. The Hall–Kier alpha value is -4.03. The number of carbonyl (C=O) groups excluding carboxylic acids is 1. The fourth-order valence-corrected chi connectivity index (χ4v) is 4.16. The molecule has 166 valence electrons. The van der Waals surface area contributed by atoms with Gasteiger partial charge in [0.1, 0.15) is 0 Å². The number of nitrogens with one attached hydrogen (secondary N) is 1. The van der Waals surface area contributed by atoms with E-state index in [2.05, 4.69) is 61.9 Å². The standard InChI is InChI=1S/C28H21BrN4O/c1-19-9-13-25(14-10-19)33-27(23-12-11-21-6-2-3-7-22(21)16-23)17-26(32-33)28(34)31-30-18-20-5-4-8-24(29)15-20/h2-18H,1H3,(H,31,34)/b30-18-. The van der Waals surface area contributed by atoms with Crippen molar-refractivity contribution in [3.05, 3.63) is 118 Å². The van der Waals surface area contributed by atoms with Crippen molar-refractivity contribution >= 4 is 38.8 Å². The molecule has 0 fully saturated rings. The second kappa shape index (κ2) is 9.45. The Morgan fingerprint density at radius 1 is 0.912 bits per heavy atom. The van der Waals surface area contributed by atoms with Crippen molar-refractivity contribution in [1.82, 2.24) is 15.2 Å². The molecule has 0 atom stereocenters. The van der Waals surface area contributed by atoms with Crippen molar-refractivity contribution in [3.8, 4) is 16.9 Å². The third kappa shape index (κ3) is 4.67. The number of halogens is 1. The van der Waals surface area contributed by atoms with Crippen LogP contribution in [0.2, 0.25) is 0 Å². The lowest BCUT2D eigenvalue weighted by Gasteiger charge is -2.09. The van der Waals surface area contributed by atoms with Gasteiger partial charge in [-0.25, -0.2) is 10.1 Å². The van der Waals surface area contributed by atoms with Crippen molar-refractivity contribution in [1.29, 1.82) is 0 Å². The fourth-order valence-electron chi connectivity index (χ4n) is 3.74. The van der Waals surface area contributed by atoms with Crippen LogP contribution in [0, 0.1) is 6.92 Å². The number of benzene rings is 4. The van der Waals surface area contributed by atoms with E-state index in [0.717, 1.165) is 43.3 Å². The minimum absolute atomic E-state index is 0.287. The van der Waals surface area contributed by atoms with E-state index in [1.54, 1.807) is 17.0 Å². The summed E-state index contributed by atoms with van der Waals surface area (Å²) in [5.74, 6) is -0.376. The van der Waals surface area contributed by atoms with E-state index in [1.807, 2.05) is 67.6 Å². The molecule has 1 aromatic heterocycles. The van der Waals surface area contributed by atoms with E-state index < -0.39 is 0 Å². The van der Waals surface area contributed by atoms with Crippen LogP contribution < -0.4 is 5.43 Å². The van der Waals surface area contributed by atoms with E-state index >= 15 is 0 Å². The molecule has 1 heterocycles. The first-order chi connectivity index (χ1) is 16.6. The number of rotatable bonds is 5. The Morgan fingerprint density at radius 2 is 1.71 bits per heavy atom. The number of nitrogens with zero attached hydrogens (tertiary/aromatic N) is 3. The molecule has 1 N–H and O–H groups in total. The molecule has 4 aromatic carbocycles. The largest absolute Gasteiger partial charge is 0.291 e. The first-order valence-corrected chi connectivity index (χ1v) is 11.6. The van der Waals surface area contributed by atoms with Crippen LogP contribution in [-0.4, -0.2) is 21.9 Å². The van der Waals surface area contributed by atoms with Crippen LogP contribution in [0.15, 0.2) is 107 Å². The van der Waals surface area contributed by atoms with Gasteiger partial charge in [0.15, 0.2) is 5.69 Å². The molecule has 0 saturated heterocycles. The van der Waals surface area contributed by atoms with Crippen LogP contribution >= 0.6 is 15.9 Å². The first-order valence-electron chi connectivity index (χ1n) is 10.8. The molecule has 0 saturated carbocycles. The molecular weight excluding hydrogens is 488 g/mol. The predicted molar refractivity (Wildman–Crippen MR) is 140 cm³/mol. The van der Waals surface area contributed by atoms with Crippen LogP contribution in [-0.2, 0) is 0 Å². The molecule has 0 aliphatic heterocycles. The average molecular weight is 509 g/mol. The fraction of sp³-hybridized carbons (Fsp3) is 0.0357. The van der Waals surface area contributed by atoms with E-state index in [4.69, 9.17) is 0 Å². The molecule has 0 spiro atoms. The highest BCUT2D eigenvalue weighted by Crippen LogP contribution is 2.27. The molecular formula is C28H21BrN4O. The Morgan fingerprint density at radius 3 is 2.50 bits per heavy atom. The van der Waals surface area contributed by atoms with Gasteiger partial charge in [-0.15, -0.1) is 0 Å². The van der Waals surface area contributed by atoms with Gasteiger partial charge in [-0.2, -0.15) is 10.2 Å². The molecule has 0 aliphatic carbocycles. The van der Waals surface area contributed by atoms with Crippen molar-refractivity contribution in [3.63, 3.8) is 0 Å². The zero-order chi connectivity index (χ0) is 23.5. The van der Waals surface area contributed by atoms with E-state index in [1.165, 1.54) is 0 Å². The van der Waals surface area contributed by atoms with E-state index in [-0.39, 0.29) is 11.6 Å². The molecule has 34 heavy (non-hydrogen) atoms. The summed E-state index contributed by atoms with van der Waals surface area (Å²) in [4.78, 5) is 12.9. The Kier molecular flexibility index (Phi) is 6.06. The second-order valence-corrected chi connectivity index (χ2v) is 8.89. The van der Waals surface area contributed by atoms with Gasteiger partial charge in [-0.05, 0) is 59.7 Å². The van der Waals surface area contributed by atoms with Crippen molar-refractivity contribution in [2.75, 3.05) is 0 Å². The molecule has 0 aliphatic rings. The molecule has 5 rings (SSSR count). The summed E-state index contributed by atoms with van der Waals surface area (Å²) < 4.78 is 2.75. The number of fused-ring (bicyclic) bond motifs is 1. The zero-order valence-corrected chi connectivity index (χ0v) is 20.0. The van der Waals surface area contributed by atoms with Crippen LogP contribution in [0.3, 0.4) is 0 Å². The third-order valence-electron chi connectivity index (χ3n) is 5.49. The quantitative estimate of drug-likeness (QED) is 0.216. The predicted octanol–water partition coefficient (Wildman–Crippen LogP) is 6.53. The summed E-state index contributed by atoms with van der Waals surface area (Å²) in [5, 5.41) is 11.0. The average Bonchev–Trinajstić information content (AvgIpc) is 3.30. The molecule has 5 aromatic rings. The maximum absolute atomic E-state index is 12.9. The zero-order valence-electron chi connectivity index (χ0n) is 18.4. The topological polar surface area (TPSA) is 59.3 Å². The second-order valence-electron chi connectivity index (χ2n) is 7.98. The number of hydrogen-bond acceptors (Lipinski definition) is 3. The van der Waals surface area contributed by atoms with Gasteiger partial charge in [-0.1, -0.05) is 82.2 Å². The molecule has 0 radical (unpaired) electrons. The van der Waals surface area contributed by atoms with Crippen LogP contribution in [0.4, 0.5) is 0 Å². The summed E-state index contributed by atoms with van der Waals surface area (Å²) >= 11 is 3.43. The minimum atomic E-state index is -0.376. The van der Waals surface area contributed by atoms with Crippen LogP contribution in [0.5, 0.6) is 0 Å². The van der Waals surface area contributed by atoms with Crippen LogP contribution in [0.1, 0.15) is 21.6 Å². The minimum Gasteiger partial charge on any atom is -0.265 e. The SMILES string of the molecule is Cc1ccc(-n2nc(C(=O)N/N=C\c3cccc(Br)c3)cc2-c2ccc3ccccc3c2)cc1. The van der Waals surface area contributed by atoms with Gasteiger partial charge in [0, 0.05) is 10.0 Å². The van der Waals surface area contributed by atoms with Gasteiger partial charge < -0.3 is 0 Å². The maximum Gasteiger partial charge on any atom is 0.291 e. The number of amides is 1. The van der Waals surface area contributed by atoms with Gasteiger partial charge in [-0.3, -0.25) is 4.79 Å². The third-order valence-corrected chi connectivity index (χ3v) is 5.99. The Bertz CT molecular complexity index is 1520. The highest BCUT2D eigenvalue weighted by Gasteiger charge is 2.17. The van der Waals surface area contributed by atoms with Gasteiger partial charge >= 0.3 is 0 Å². The van der Waals surface area contributed by atoms with Crippen molar-refractivity contribution in [2.24, 2.45) is 5.10 Å². The first kappa shape index (κ1) is 21.8. The van der Waals surface area contributed by atoms with Crippen LogP contribution in [0.25, 0.3) is 27.7 Å². The van der Waals surface area contributed by atoms with Gasteiger partial charge in [0.05, 0.1) is 17.6 Å². The van der Waals surface area contributed by atoms with E-state index in [9.17, 15) is 4.79 Å². The lowest BCUT2D eigenvalue weighted by molar-refractivity contribution is 0.0949. The molecule has 5 nitrogen and oxygen atoms in total. The Balaban J connectivity index is 1.50. The summed E-state index contributed by atoms with van der Waals surface area (Å²) in [5.41, 5.74) is 7.59. The lowest BCUT2D eigenvalue weighted by Crippen LogP contribution is -2.18. The van der Waals surface area contributed by atoms with E-state index in [0.29, 0.717) is 0 Å². The maximum atomic E-state index is 12.9. The highest BCUT2D eigenvalue weighted by atomic mass is 79.9. The monoisotopic (exact) mass is 508 g/mol. The molecule has 6 heteroatoms. The summed E-state index contributed by atoms with van der Waals surface area (Å²) in [7, 11) is 0. The van der Waals surface area contributed by atoms with Crippen molar-refractivity contribution < 1.29 is 4.79 Å². The molecule has 0 bridgehead atoms. The smallest absolute Gasteiger partial charge is 0.265 e. The summed E-state index contributed by atoms with van der Waals surface area (Å²) in [6, 6.07) is 32.0. The number of aryl methyl sites for hydroxylation is 1. The highest BCUT2D eigenvalue weighted by molar-refractivity contribution is 9.10. The van der Waals surface area contributed by atoms with Crippen molar-refractivity contribution in [2.45, 2.75) is 6.92 Å². The number of hydrogen-bond donors (Lipinski definition) is 1. The number of hydrazone groups is 1. The normalized spacial score (nSPS) is 11.2. The summed E-state index contributed by atoms with van der Waals surface area (Å²) in [6.45, 7) is 2.04. The molecule has 1 amide bonds. The van der Waals surface area contributed by atoms with Gasteiger partial charge in [0.25, 0.3) is 5.91 Å². The summed E-state index contributed by atoms with van der Waals surface area (Å²) in [6.07, 6.45) is 1.60. The lowest BCUT2D eigenvalue weighted by atomic mass is 10.0. The van der Waals surface area contributed by atoms with Gasteiger partial charge in [0.2, 0.25) is 0 Å². The molecule has 0 unspecified atom stereocenters. The number of aromatic nitrogens is 2. The Labute approximate surface area is 205 Å².